The van der Waals surface area contributed by atoms with E-state index in [1.54, 1.807) is 0 Å². The van der Waals surface area contributed by atoms with Crippen LogP contribution >= 0.6 is 11.8 Å². The Kier molecular flexibility index (Phi) is 6.43. The summed E-state index contributed by atoms with van der Waals surface area (Å²) in [6.45, 7) is 6.24. The van der Waals surface area contributed by atoms with Crippen LogP contribution in [0.3, 0.4) is 0 Å². The number of hydrogen-bond donors (Lipinski definition) is 2. The van der Waals surface area contributed by atoms with E-state index in [1.165, 1.54) is 23.3 Å². The molecule has 19 heavy (non-hydrogen) atoms. The first-order valence-corrected chi connectivity index (χ1v) is 8.05. The van der Waals surface area contributed by atoms with Gasteiger partial charge in [-0.2, -0.15) is 11.8 Å². The molecule has 0 spiro atoms. The van der Waals surface area contributed by atoms with Crippen LogP contribution in [0.15, 0.2) is 24.3 Å². The number of benzene rings is 1. The van der Waals surface area contributed by atoms with Crippen molar-refractivity contribution in [3.05, 3.63) is 35.4 Å². The fourth-order valence-corrected chi connectivity index (χ4v) is 2.87. The van der Waals surface area contributed by atoms with Crippen LogP contribution in [0.25, 0.3) is 0 Å². The third-order valence-corrected chi connectivity index (χ3v) is 4.54. The molecule has 0 heterocycles. The van der Waals surface area contributed by atoms with Crippen LogP contribution in [-0.4, -0.2) is 11.6 Å². The molecule has 3 N–H and O–H groups in total. The van der Waals surface area contributed by atoms with Gasteiger partial charge in [0.2, 0.25) is 0 Å². The highest BCUT2D eigenvalue weighted by molar-refractivity contribution is 7.98. The van der Waals surface area contributed by atoms with Crippen LogP contribution in [-0.2, 0) is 5.75 Å². The standard InChI is InChI=1S/C16H26N2S/c1-13-7-6-8-14(11-13)12-19-10-5-4-9-16(2,3)15(17)18/h6-8,11H,4-5,9-10,12H2,1-3H3,(H3,17,18). The summed E-state index contributed by atoms with van der Waals surface area (Å²) in [5.41, 5.74) is 8.19. The van der Waals surface area contributed by atoms with Crippen molar-refractivity contribution in [3.63, 3.8) is 0 Å². The van der Waals surface area contributed by atoms with Gasteiger partial charge in [-0.1, -0.05) is 50.1 Å². The van der Waals surface area contributed by atoms with Gasteiger partial charge in [0.1, 0.15) is 0 Å². The minimum atomic E-state index is -0.138. The lowest BCUT2D eigenvalue weighted by Gasteiger charge is -2.22. The van der Waals surface area contributed by atoms with Gasteiger partial charge in [0, 0.05) is 11.2 Å². The fourth-order valence-electron chi connectivity index (χ4n) is 1.90. The maximum Gasteiger partial charge on any atom is 0.0963 e. The molecule has 0 saturated carbocycles. The molecule has 0 fully saturated rings. The molecule has 0 unspecified atom stereocenters. The van der Waals surface area contributed by atoms with Gasteiger partial charge < -0.3 is 5.73 Å². The molecule has 0 bridgehead atoms. The molecule has 0 aliphatic carbocycles. The van der Waals surface area contributed by atoms with Gasteiger partial charge in [0.05, 0.1) is 5.84 Å². The highest BCUT2D eigenvalue weighted by Crippen LogP contribution is 2.23. The second-order valence-corrected chi connectivity index (χ2v) is 6.90. The number of thioether (sulfide) groups is 1. The zero-order valence-corrected chi connectivity index (χ0v) is 13.1. The van der Waals surface area contributed by atoms with Crippen molar-refractivity contribution >= 4 is 17.6 Å². The van der Waals surface area contributed by atoms with Gasteiger partial charge in [0.25, 0.3) is 0 Å². The Bertz CT molecular complexity index is 413. The van der Waals surface area contributed by atoms with Crippen molar-refractivity contribution < 1.29 is 0 Å². The van der Waals surface area contributed by atoms with Crippen molar-refractivity contribution in [2.75, 3.05) is 5.75 Å². The Labute approximate surface area is 121 Å². The summed E-state index contributed by atoms with van der Waals surface area (Å²) in [6, 6.07) is 8.71. The Morgan fingerprint density at radius 1 is 1.32 bits per heavy atom. The number of aryl methyl sites for hydroxylation is 1. The molecule has 0 amide bonds. The fraction of sp³-hybridized carbons (Fsp3) is 0.562. The number of hydrogen-bond acceptors (Lipinski definition) is 2. The summed E-state index contributed by atoms with van der Waals surface area (Å²) in [5, 5.41) is 7.52. The quantitative estimate of drug-likeness (QED) is 0.421. The summed E-state index contributed by atoms with van der Waals surface area (Å²) < 4.78 is 0. The second-order valence-electron chi connectivity index (χ2n) is 5.80. The number of unbranched alkanes of at least 4 members (excludes halogenated alkanes) is 1. The molecule has 0 radical (unpaired) electrons. The van der Waals surface area contributed by atoms with Crippen LogP contribution in [0.4, 0.5) is 0 Å². The van der Waals surface area contributed by atoms with Crippen LogP contribution in [0.5, 0.6) is 0 Å². The van der Waals surface area contributed by atoms with Crippen LogP contribution in [0.1, 0.15) is 44.2 Å². The predicted octanol–water partition coefficient (Wildman–Crippen LogP) is 4.36. The molecule has 0 aliphatic rings. The predicted molar refractivity (Wildman–Crippen MR) is 86.9 cm³/mol. The third-order valence-electron chi connectivity index (χ3n) is 3.42. The van der Waals surface area contributed by atoms with Crippen LogP contribution < -0.4 is 5.73 Å². The number of rotatable bonds is 8. The van der Waals surface area contributed by atoms with E-state index in [1.807, 2.05) is 11.8 Å². The van der Waals surface area contributed by atoms with E-state index in [9.17, 15) is 0 Å². The second kappa shape index (κ2) is 7.59. The Morgan fingerprint density at radius 2 is 2.05 bits per heavy atom. The topological polar surface area (TPSA) is 49.9 Å². The van der Waals surface area contributed by atoms with E-state index in [0.717, 1.165) is 18.6 Å². The summed E-state index contributed by atoms with van der Waals surface area (Å²) >= 11 is 1.99. The van der Waals surface area contributed by atoms with Gasteiger partial charge >= 0.3 is 0 Å². The largest absolute Gasteiger partial charge is 0.387 e. The molecule has 3 heteroatoms. The zero-order valence-electron chi connectivity index (χ0n) is 12.3. The SMILES string of the molecule is Cc1cccc(CSCCCCC(C)(C)C(=N)N)c1. The maximum absolute atomic E-state index is 7.52. The monoisotopic (exact) mass is 278 g/mol. The van der Waals surface area contributed by atoms with Gasteiger partial charge in [-0.25, -0.2) is 0 Å². The average molecular weight is 278 g/mol. The molecule has 0 aromatic heterocycles. The first-order chi connectivity index (χ1) is 8.92. The molecule has 2 nitrogen and oxygen atoms in total. The van der Waals surface area contributed by atoms with Crippen LogP contribution in [0.2, 0.25) is 0 Å². The highest BCUT2D eigenvalue weighted by Gasteiger charge is 2.20. The maximum atomic E-state index is 7.52. The molecule has 0 aliphatic heterocycles. The Hall–Kier alpha value is -0.960. The number of nitrogens with two attached hydrogens (primary N) is 1. The van der Waals surface area contributed by atoms with Crippen molar-refractivity contribution in [1.82, 2.24) is 0 Å². The van der Waals surface area contributed by atoms with Gasteiger partial charge in [-0.15, -0.1) is 0 Å². The number of nitrogens with one attached hydrogen (secondary N) is 1. The van der Waals surface area contributed by atoms with Crippen molar-refractivity contribution in [2.45, 2.75) is 45.8 Å². The molecular weight excluding hydrogens is 252 g/mol. The van der Waals surface area contributed by atoms with E-state index in [2.05, 4.69) is 45.0 Å². The smallest absolute Gasteiger partial charge is 0.0963 e. The minimum absolute atomic E-state index is 0.138. The summed E-state index contributed by atoms with van der Waals surface area (Å²) in [6.07, 6.45) is 3.36. The lowest BCUT2D eigenvalue weighted by molar-refractivity contribution is 0.448. The highest BCUT2D eigenvalue weighted by atomic mass is 32.2. The van der Waals surface area contributed by atoms with Gasteiger partial charge in [0.15, 0.2) is 0 Å². The number of amidine groups is 1. The van der Waals surface area contributed by atoms with Gasteiger partial charge in [-0.05, 0) is 31.1 Å². The van der Waals surface area contributed by atoms with E-state index in [0.29, 0.717) is 5.84 Å². The van der Waals surface area contributed by atoms with Crippen molar-refractivity contribution in [3.8, 4) is 0 Å². The lowest BCUT2D eigenvalue weighted by Crippen LogP contribution is -2.30. The van der Waals surface area contributed by atoms with Crippen molar-refractivity contribution in [1.29, 1.82) is 5.41 Å². The summed E-state index contributed by atoms with van der Waals surface area (Å²) in [4.78, 5) is 0. The lowest BCUT2D eigenvalue weighted by atomic mass is 9.86. The van der Waals surface area contributed by atoms with Crippen molar-refractivity contribution in [2.24, 2.45) is 11.1 Å². The van der Waals surface area contributed by atoms with E-state index in [-0.39, 0.29) is 5.41 Å². The summed E-state index contributed by atoms with van der Waals surface area (Å²) in [7, 11) is 0. The molecule has 0 atom stereocenters. The molecule has 106 valence electrons. The first-order valence-electron chi connectivity index (χ1n) is 6.89. The molecular formula is C16H26N2S. The van der Waals surface area contributed by atoms with E-state index < -0.39 is 0 Å². The summed E-state index contributed by atoms with van der Waals surface area (Å²) in [5.74, 6) is 2.58. The first kappa shape index (κ1) is 16.1. The van der Waals surface area contributed by atoms with E-state index >= 15 is 0 Å². The van der Waals surface area contributed by atoms with Crippen LogP contribution in [0, 0.1) is 17.7 Å². The Balaban J connectivity index is 2.14. The van der Waals surface area contributed by atoms with E-state index in [4.69, 9.17) is 11.1 Å². The zero-order chi connectivity index (χ0) is 14.3. The normalized spacial score (nSPS) is 11.5. The minimum Gasteiger partial charge on any atom is -0.387 e. The third kappa shape index (κ3) is 6.15. The molecule has 1 rings (SSSR count). The molecule has 0 saturated heterocycles. The van der Waals surface area contributed by atoms with Gasteiger partial charge in [-0.3, -0.25) is 5.41 Å². The average Bonchev–Trinajstić information content (AvgIpc) is 2.33. The Morgan fingerprint density at radius 3 is 2.68 bits per heavy atom. The molecule has 1 aromatic rings. The molecule has 1 aromatic carbocycles.